The highest BCUT2D eigenvalue weighted by molar-refractivity contribution is 5.78. The number of rotatable bonds is 7. The zero-order chi connectivity index (χ0) is 15.8. The molecule has 0 aromatic heterocycles. The molecule has 0 atom stereocenters. The number of hydrogen-bond acceptors (Lipinski definition) is 4. The molecular weight excluding hydrogens is 278 g/mol. The Balaban J connectivity index is 1.76. The van der Waals surface area contributed by atoms with Gasteiger partial charge in [0.05, 0.1) is 13.7 Å². The van der Waals surface area contributed by atoms with E-state index in [2.05, 4.69) is 34.2 Å². The molecule has 1 N–H and O–H groups in total. The Hall–Kier alpha value is -1.75. The highest BCUT2D eigenvalue weighted by Crippen LogP contribution is 2.21. The summed E-state index contributed by atoms with van der Waals surface area (Å²) < 4.78 is 5.28. The molecular formula is C17H27N3O2. The highest BCUT2D eigenvalue weighted by Gasteiger charge is 2.19. The van der Waals surface area contributed by atoms with Gasteiger partial charge < -0.3 is 15.0 Å². The Bertz CT molecular complexity index is 471. The smallest absolute Gasteiger partial charge is 0.234 e. The van der Waals surface area contributed by atoms with E-state index in [-0.39, 0.29) is 5.91 Å². The van der Waals surface area contributed by atoms with Crippen LogP contribution in [-0.2, 0) is 4.79 Å². The van der Waals surface area contributed by atoms with Crippen molar-refractivity contribution in [3.8, 4) is 5.75 Å². The molecule has 0 spiro atoms. The molecule has 2 rings (SSSR count). The van der Waals surface area contributed by atoms with Gasteiger partial charge in [0.1, 0.15) is 5.75 Å². The lowest BCUT2D eigenvalue weighted by Crippen LogP contribution is -2.49. The van der Waals surface area contributed by atoms with Gasteiger partial charge in [0.25, 0.3) is 0 Å². The second kappa shape index (κ2) is 8.63. The summed E-state index contributed by atoms with van der Waals surface area (Å²) >= 11 is 0. The largest absolute Gasteiger partial charge is 0.497 e. The maximum Gasteiger partial charge on any atom is 0.234 e. The van der Waals surface area contributed by atoms with E-state index in [1.54, 1.807) is 7.11 Å². The van der Waals surface area contributed by atoms with E-state index < -0.39 is 0 Å². The Morgan fingerprint density at radius 3 is 2.73 bits per heavy atom. The van der Waals surface area contributed by atoms with Crippen LogP contribution in [0.25, 0.3) is 0 Å². The van der Waals surface area contributed by atoms with Crippen molar-refractivity contribution < 1.29 is 9.53 Å². The average Bonchev–Trinajstić information content (AvgIpc) is 2.56. The molecule has 1 fully saturated rings. The fourth-order valence-electron chi connectivity index (χ4n) is 2.63. The van der Waals surface area contributed by atoms with Gasteiger partial charge in [0, 0.05) is 44.5 Å². The van der Waals surface area contributed by atoms with Gasteiger partial charge in [-0.15, -0.1) is 0 Å². The minimum Gasteiger partial charge on any atom is -0.497 e. The number of nitrogens with one attached hydrogen (secondary N) is 1. The molecule has 1 aromatic carbocycles. The standard InChI is InChI=1S/C17H27N3O2/c1-3-4-8-18-17(21)14-19-9-11-20(12-10-19)15-6-5-7-16(13-15)22-2/h5-7,13H,3-4,8-12,14H2,1-2H3,(H,18,21). The van der Waals surface area contributed by atoms with Crippen molar-refractivity contribution in [3.63, 3.8) is 0 Å². The number of anilines is 1. The van der Waals surface area contributed by atoms with E-state index in [1.807, 2.05) is 12.1 Å². The third-order valence-electron chi connectivity index (χ3n) is 4.01. The van der Waals surface area contributed by atoms with Crippen molar-refractivity contribution in [3.05, 3.63) is 24.3 Å². The number of nitrogens with zero attached hydrogens (tertiary/aromatic N) is 2. The SMILES string of the molecule is CCCCNC(=O)CN1CCN(c2cccc(OC)c2)CC1. The van der Waals surface area contributed by atoms with Crippen LogP contribution in [0.1, 0.15) is 19.8 Å². The van der Waals surface area contributed by atoms with Crippen LogP contribution in [0.3, 0.4) is 0 Å². The molecule has 122 valence electrons. The number of unbranched alkanes of at least 4 members (excludes halogenated alkanes) is 1. The van der Waals surface area contributed by atoms with Crippen LogP contribution < -0.4 is 15.0 Å². The highest BCUT2D eigenvalue weighted by atomic mass is 16.5. The van der Waals surface area contributed by atoms with Gasteiger partial charge in [0.15, 0.2) is 0 Å². The summed E-state index contributed by atoms with van der Waals surface area (Å²) in [6.45, 7) is 7.14. The zero-order valence-corrected chi connectivity index (χ0v) is 13.7. The number of ether oxygens (including phenoxy) is 1. The fraction of sp³-hybridized carbons (Fsp3) is 0.588. The number of amides is 1. The molecule has 1 saturated heterocycles. The molecule has 0 aliphatic carbocycles. The second-order valence-electron chi connectivity index (χ2n) is 5.67. The molecule has 0 radical (unpaired) electrons. The first kappa shape index (κ1) is 16.6. The number of methoxy groups -OCH3 is 1. The molecule has 22 heavy (non-hydrogen) atoms. The summed E-state index contributed by atoms with van der Waals surface area (Å²) in [7, 11) is 1.69. The topological polar surface area (TPSA) is 44.8 Å². The van der Waals surface area contributed by atoms with Crippen LogP contribution >= 0.6 is 0 Å². The van der Waals surface area contributed by atoms with Crippen molar-refractivity contribution in [2.45, 2.75) is 19.8 Å². The second-order valence-corrected chi connectivity index (χ2v) is 5.67. The molecule has 0 unspecified atom stereocenters. The minimum atomic E-state index is 0.142. The fourth-order valence-corrected chi connectivity index (χ4v) is 2.63. The van der Waals surface area contributed by atoms with Gasteiger partial charge >= 0.3 is 0 Å². The summed E-state index contributed by atoms with van der Waals surface area (Å²) in [5.41, 5.74) is 1.19. The Morgan fingerprint density at radius 2 is 2.05 bits per heavy atom. The summed E-state index contributed by atoms with van der Waals surface area (Å²) in [6.07, 6.45) is 2.16. The van der Waals surface area contributed by atoms with Gasteiger partial charge in [0.2, 0.25) is 5.91 Å². The van der Waals surface area contributed by atoms with Crippen LogP contribution in [0.5, 0.6) is 5.75 Å². The van der Waals surface area contributed by atoms with Gasteiger partial charge in [-0.1, -0.05) is 19.4 Å². The lowest BCUT2D eigenvalue weighted by molar-refractivity contribution is -0.122. The number of carbonyl (C=O) groups excluding carboxylic acids is 1. The first-order valence-electron chi connectivity index (χ1n) is 8.11. The average molecular weight is 305 g/mol. The molecule has 1 aromatic rings. The molecule has 5 nitrogen and oxygen atoms in total. The molecule has 1 heterocycles. The third kappa shape index (κ3) is 4.91. The predicted octanol–water partition coefficient (Wildman–Crippen LogP) is 1.73. The quantitative estimate of drug-likeness (QED) is 0.779. The molecule has 0 bridgehead atoms. The Morgan fingerprint density at radius 1 is 1.27 bits per heavy atom. The Kier molecular flexibility index (Phi) is 6.52. The molecule has 5 heteroatoms. The van der Waals surface area contributed by atoms with Crippen molar-refractivity contribution >= 4 is 11.6 Å². The van der Waals surface area contributed by atoms with E-state index in [0.29, 0.717) is 6.54 Å². The van der Waals surface area contributed by atoms with Crippen LogP contribution in [0.4, 0.5) is 5.69 Å². The van der Waals surface area contributed by atoms with Gasteiger partial charge in [-0.25, -0.2) is 0 Å². The monoisotopic (exact) mass is 305 g/mol. The van der Waals surface area contributed by atoms with Crippen LogP contribution in [0, 0.1) is 0 Å². The molecule has 1 aliphatic heterocycles. The van der Waals surface area contributed by atoms with Crippen molar-refractivity contribution in [1.82, 2.24) is 10.2 Å². The first-order chi connectivity index (χ1) is 10.7. The predicted molar refractivity (Wildman–Crippen MR) is 89.6 cm³/mol. The van der Waals surface area contributed by atoms with E-state index in [9.17, 15) is 4.79 Å². The van der Waals surface area contributed by atoms with Crippen LogP contribution in [-0.4, -0.2) is 57.2 Å². The first-order valence-corrected chi connectivity index (χ1v) is 8.11. The molecule has 1 aliphatic rings. The number of hydrogen-bond donors (Lipinski definition) is 1. The Labute approximate surface area is 133 Å². The van der Waals surface area contributed by atoms with E-state index in [0.717, 1.165) is 51.3 Å². The zero-order valence-electron chi connectivity index (χ0n) is 13.7. The lowest BCUT2D eigenvalue weighted by atomic mass is 10.2. The third-order valence-corrected chi connectivity index (χ3v) is 4.01. The lowest BCUT2D eigenvalue weighted by Gasteiger charge is -2.35. The summed E-state index contributed by atoms with van der Waals surface area (Å²) in [4.78, 5) is 16.4. The van der Waals surface area contributed by atoms with Gasteiger partial charge in [-0.05, 0) is 18.6 Å². The van der Waals surface area contributed by atoms with Gasteiger partial charge in [-0.3, -0.25) is 9.69 Å². The number of piperazine rings is 1. The van der Waals surface area contributed by atoms with E-state index in [1.165, 1.54) is 5.69 Å². The molecule has 0 saturated carbocycles. The molecule has 1 amide bonds. The normalized spacial score (nSPS) is 15.6. The van der Waals surface area contributed by atoms with Crippen molar-refractivity contribution in [1.29, 1.82) is 0 Å². The van der Waals surface area contributed by atoms with Crippen molar-refractivity contribution in [2.75, 3.05) is 51.3 Å². The van der Waals surface area contributed by atoms with Crippen LogP contribution in [0.15, 0.2) is 24.3 Å². The van der Waals surface area contributed by atoms with E-state index >= 15 is 0 Å². The summed E-state index contributed by atoms with van der Waals surface area (Å²) in [5.74, 6) is 1.03. The van der Waals surface area contributed by atoms with Crippen LogP contribution in [0.2, 0.25) is 0 Å². The van der Waals surface area contributed by atoms with Gasteiger partial charge in [-0.2, -0.15) is 0 Å². The minimum absolute atomic E-state index is 0.142. The number of benzene rings is 1. The summed E-state index contributed by atoms with van der Waals surface area (Å²) in [5, 5.41) is 2.98. The maximum absolute atomic E-state index is 11.8. The summed E-state index contributed by atoms with van der Waals surface area (Å²) in [6, 6.07) is 8.14. The van der Waals surface area contributed by atoms with Crippen molar-refractivity contribution in [2.24, 2.45) is 0 Å². The number of carbonyl (C=O) groups is 1. The maximum atomic E-state index is 11.8. The van der Waals surface area contributed by atoms with E-state index in [4.69, 9.17) is 4.74 Å².